The molecule has 4 rings (SSSR count). The third-order valence-electron chi connectivity index (χ3n) is 5.02. The van der Waals surface area contributed by atoms with E-state index < -0.39 is 10.0 Å². The molecule has 0 amide bonds. The lowest BCUT2D eigenvalue weighted by Gasteiger charge is -2.40. The van der Waals surface area contributed by atoms with Gasteiger partial charge in [0.1, 0.15) is 0 Å². The second-order valence-corrected chi connectivity index (χ2v) is 10.3. The zero-order chi connectivity index (χ0) is 17.8. The van der Waals surface area contributed by atoms with Crippen LogP contribution in [0.1, 0.15) is 25.8 Å². The molecule has 3 aromatic rings. The third kappa shape index (κ3) is 2.75. The first kappa shape index (κ1) is 16.6. The summed E-state index contributed by atoms with van der Waals surface area (Å²) in [6, 6.07) is 16.6. The van der Waals surface area contributed by atoms with Crippen LogP contribution in [0.3, 0.4) is 0 Å². The van der Waals surface area contributed by atoms with E-state index in [2.05, 4.69) is 50.2 Å². The number of thiophene rings is 1. The van der Waals surface area contributed by atoms with Crippen LogP contribution in [-0.2, 0) is 15.4 Å². The Kier molecular flexibility index (Phi) is 3.71. The highest BCUT2D eigenvalue weighted by Crippen LogP contribution is 2.47. The molecule has 0 atom stereocenters. The van der Waals surface area contributed by atoms with Gasteiger partial charge in [0, 0.05) is 16.1 Å². The summed E-state index contributed by atoms with van der Waals surface area (Å²) in [6.45, 7) is 4.96. The maximum Gasteiger partial charge on any atom is 0.232 e. The van der Waals surface area contributed by atoms with Crippen molar-refractivity contribution < 1.29 is 8.42 Å². The maximum atomic E-state index is 12.3. The summed E-state index contributed by atoms with van der Waals surface area (Å²) in [5.41, 5.74) is 3.05. The minimum Gasteiger partial charge on any atom is -0.270 e. The second kappa shape index (κ2) is 5.58. The van der Waals surface area contributed by atoms with Crippen molar-refractivity contribution in [2.75, 3.05) is 17.1 Å². The van der Waals surface area contributed by atoms with Crippen molar-refractivity contribution in [3.05, 3.63) is 54.1 Å². The first-order chi connectivity index (χ1) is 11.8. The molecule has 0 N–H and O–H groups in total. The second-order valence-electron chi connectivity index (χ2n) is 7.32. The van der Waals surface area contributed by atoms with Crippen molar-refractivity contribution >= 4 is 37.1 Å². The molecule has 1 aromatic heterocycles. The molecular formula is C20H21NO2S2. The van der Waals surface area contributed by atoms with Crippen LogP contribution in [0, 0.1) is 0 Å². The Labute approximate surface area is 153 Å². The van der Waals surface area contributed by atoms with E-state index in [9.17, 15) is 8.42 Å². The minimum atomic E-state index is -3.28. The zero-order valence-electron chi connectivity index (χ0n) is 14.6. The van der Waals surface area contributed by atoms with Gasteiger partial charge in [-0.1, -0.05) is 44.2 Å². The molecule has 0 saturated heterocycles. The first-order valence-electron chi connectivity index (χ1n) is 8.37. The summed E-state index contributed by atoms with van der Waals surface area (Å²) in [5, 5.41) is 1.23. The molecular weight excluding hydrogens is 350 g/mol. The van der Waals surface area contributed by atoms with E-state index >= 15 is 0 Å². The molecule has 0 unspecified atom stereocenters. The van der Waals surface area contributed by atoms with Crippen LogP contribution in [0.2, 0.25) is 0 Å². The standard InChI is InChI=1S/C20H21NO2S2/c1-20(2)11-12-21(25(3,22)23)16-9-6-8-15(19(16)20)18-13-14-7-4-5-10-17(14)24-18/h4-10,13H,11-12H2,1-3H3. The number of rotatable bonds is 2. The SMILES string of the molecule is CC1(C)CCN(S(C)(=O)=O)c2cccc(-c3cc4ccccc4s3)c21. The molecule has 130 valence electrons. The van der Waals surface area contributed by atoms with E-state index in [4.69, 9.17) is 0 Å². The average molecular weight is 372 g/mol. The van der Waals surface area contributed by atoms with Crippen molar-refractivity contribution in [2.45, 2.75) is 25.7 Å². The Balaban J connectivity index is 1.99. The van der Waals surface area contributed by atoms with Gasteiger partial charge in [0.15, 0.2) is 0 Å². The summed E-state index contributed by atoms with van der Waals surface area (Å²) in [7, 11) is -3.28. The molecule has 1 aliphatic heterocycles. The van der Waals surface area contributed by atoms with E-state index in [1.807, 2.05) is 12.1 Å². The van der Waals surface area contributed by atoms with Gasteiger partial charge in [0.25, 0.3) is 0 Å². The van der Waals surface area contributed by atoms with E-state index in [1.165, 1.54) is 21.2 Å². The van der Waals surface area contributed by atoms with E-state index in [1.54, 1.807) is 15.6 Å². The number of fused-ring (bicyclic) bond motifs is 2. The van der Waals surface area contributed by atoms with Crippen LogP contribution in [0.4, 0.5) is 5.69 Å². The van der Waals surface area contributed by atoms with Crippen molar-refractivity contribution in [1.29, 1.82) is 0 Å². The summed E-state index contributed by atoms with van der Waals surface area (Å²) in [5.74, 6) is 0. The van der Waals surface area contributed by atoms with Crippen molar-refractivity contribution in [2.24, 2.45) is 0 Å². The Morgan fingerprint density at radius 1 is 1.08 bits per heavy atom. The average Bonchev–Trinajstić information content (AvgIpc) is 2.97. The zero-order valence-corrected chi connectivity index (χ0v) is 16.2. The van der Waals surface area contributed by atoms with E-state index in [0.717, 1.165) is 23.2 Å². The highest BCUT2D eigenvalue weighted by molar-refractivity contribution is 7.92. The molecule has 1 aliphatic rings. The van der Waals surface area contributed by atoms with Crippen molar-refractivity contribution in [3.63, 3.8) is 0 Å². The lowest BCUT2D eigenvalue weighted by atomic mass is 9.75. The maximum absolute atomic E-state index is 12.3. The van der Waals surface area contributed by atoms with Crippen molar-refractivity contribution in [3.8, 4) is 10.4 Å². The summed E-state index contributed by atoms with van der Waals surface area (Å²) in [4.78, 5) is 1.20. The fourth-order valence-electron chi connectivity index (χ4n) is 3.75. The molecule has 2 aromatic carbocycles. The Hall–Kier alpha value is -1.85. The van der Waals surface area contributed by atoms with Gasteiger partial charge in [-0.05, 0) is 46.5 Å². The number of anilines is 1. The Morgan fingerprint density at radius 3 is 2.56 bits per heavy atom. The molecule has 0 fully saturated rings. The molecule has 25 heavy (non-hydrogen) atoms. The topological polar surface area (TPSA) is 37.4 Å². The predicted molar refractivity (Wildman–Crippen MR) is 107 cm³/mol. The summed E-state index contributed by atoms with van der Waals surface area (Å²) < 4.78 is 27.4. The number of benzene rings is 2. The highest BCUT2D eigenvalue weighted by Gasteiger charge is 2.36. The molecule has 5 heteroatoms. The predicted octanol–water partition coefficient (Wildman–Crippen LogP) is 5.02. The molecule has 0 aliphatic carbocycles. The minimum absolute atomic E-state index is 0.0662. The van der Waals surface area contributed by atoms with E-state index in [-0.39, 0.29) is 5.41 Å². The molecule has 0 radical (unpaired) electrons. The van der Waals surface area contributed by atoms with Crippen LogP contribution in [0.5, 0.6) is 0 Å². The van der Waals surface area contributed by atoms with Gasteiger partial charge in [-0.2, -0.15) is 0 Å². The monoisotopic (exact) mass is 371 g/mol. The molecule has 0 bridgehead atoms. The summed E-state index contributed by atoms with van der Waals surface area (Å²) >= 11 is 1.76. The van der Waals surface area contributed by atoms with Gasteiger partial charge >= 0.3 is 0 Å². The highest BCUT2D eigenvalue weighted by atomic mass is 32.2. The number of hydrogen-bond donors (Lipinski definition) is 0. The lowest BCUT2D eigenvalue weighted by molar-refractivity contribution is 0.469. The molecule has 0 spiro atoms. The van der Waals surface area contributed by atoms with Crippen LogP contribution in [-0.4, -0.2) is 21.2 Å². The first-order valence-corrected chi connectivity index (χ1v) is 11.0. The quantitative estimate of drug-likeness (QED) is 0.634. The van der Waals surface area contributed by atoms with Crippen LogP contribution >= 0.6 is 11.3 Å². The van der Waals surface area contributed by atoms with Crippen LogP contribution < -0.4 is 4.31 Å². The normalized spacial score (nSPS) is 16.8. The smallest absolute Gasteiger partial charge is 0.232 e. The molecule has 2 heterocycles. The van der Waals surface area contributed by atoms with Gasteiger partial charge in [-0.15, -0.1) is 11.3 Å². The number of hydrogen-bond acceptors (Lipinski definition) is 3. The number of nitrogens with zero attached hydrogens (tertiary/aromatic N) is 1. The van der Waals surface area contributed by atoms with Gasteiger partial charge in [-0.3, -0.25) is 4.31 Å². The van der Waals surface area contributed by atoms with Gasteiger partial charge < -0.3 is 0 Å². The summed E-state index contributed by atoms with van der Waals surface area (Å²) in [6.07, 6.45) is 2.11. The number of sulfonamides is 1. The fraction of sp³-hybridized carbons (Fsp3) is 0.300. The third-order valence-corrected chi connectivity index (χ3v) is 7.35. The fourth-order valence-corrected chi connectivity index (χ4v) is 5.78. The van der Waals surface area contributed by atoms with Crippen LogP contribution in [0.25, 0.3) is 20.5 Å². The molecule has 0 saturated carbocycles. The lowest BCUT2D eigenvalue weighted by Crippen LogP contribution is -2.40. The van der Waals surface area contributed by atoms with Gasteiger partial charge in [0.2, 0.25) is 10.0 Å². The molecule has 3 nitrogen and oxygen atoms in total. The van der Waals surface area contributed by atoms with Gasteiger partial charge in [0.05, 0.1) is 11.9 Å². The largest absolute Gasteiger partial charge is 0.270 e. The van der Waals surface area contributed by atoms with Crippen LogP contribution in [0.15, 0.2) is 48.5 Å². The Morgan fingerprint density at radius 2 is 1.84 bits per heavy atom. The van der Waals surface area contributed by atoms with Gasteiger partial charge in [-0.25, -0.2) is 8.42 Å². The van der Waals surface area contributed by atoms with Crippen molar-refractivity contribution in [1.82, 2.24) is 0 Å². The van der Waals surface area contributed by atoms with E-state index in [0.29, 0.717) is 6.54 Å². The Bertz CT molecular complexity index is 1030.